The minimum absolute atomic E-state index is 0.141. The Kier molecular flexibility index (Phi) is 5.85. The van der Waals surface area contributed by atoms with Crippen LogP contribution in [0.5, 0.6) is 0 Å². The van der Waals surface area contributed by atoms with Crippen molar-refractivity contribution < 1.29 is 14.3 Å². The second-order valence-electron chi connectivity index (χ2n) is 6.44. The van der Waals surface area contributed by atoms with Gasteiger partial charge in [-0.1, -0.05) is 6.07 Å². The van der Waals surface area contributed by atoms with Gasteiger partial charge in [-0.05, 0) is 25.6 Å². The molecule has 1 aliphatic rings. The number of fused-ring (bicyclic) bond motifs is 1. The molecular formula is C18H25N5O3. The summed E-state index contributed by atoms with van der Waals surface area (Å²) >= 11 is 0. The molecular weight excluding hydrogens is 334 g/mol. The molecule has 8 heteroatoms. The third kappa shape index (κ3) is 3.86. The lowest BCUT2D eigenvalue weighted by Crippen LogP contribution is -2.47. The fourth-order valence-corrected chi connectivity index (χ4v) is 3.01. The van der Waals surface area contributed by atoms with E-state index in [4.69, 9.17) is 4.74 Å². The van der Waals surface area contributed by atoms with Crippen LogP contribution in [0.1, 0.15) is 27.5 Å². The van der Waals surface area contributed by atoms with Crippen molar-refractivity contribution in [3.05, 3.63) is 35.9 Å². The van der Waals surface area contributed by atoms with Crippen molar-refractivity contribution in [1.29, 1.82) is 0 Å². The molecule has 0 aromatic carbocycles. The number of nitrogens with zero attached hydrogens (tertiary/aromatic N) is 4. The van der Waals surface area contributed by atoms with Gasteiger partial charge in [0.05, 0.1) is 5.52 Å². The molecule has 1 aliphatic heterocycles. The highest BCUT2D eigenvalue weighted by molar-refractivity contribution is 6.02. The summed E-state index contributed by atoms with van der Waals surface area (Å²) in [6, 6.07) is 5.47. The van der Waals surface area contributed by atoms with Crippen LogP contribution in [0, 0.1) is 0 Å². The first-order valence-electron chi connectivity index (χ1n) is 8.84. The van der Waals surface area contributed by atoms with Crippen molar-refractivity contribution in [2.75, 3.05) is 53.5 Å². The standard InChI is InChI=1S/C18H25N5O3/c1-21-9-11-22(12-10-21)18(25)16-20-15(14-6-3-4-8-23(14)16)17(24)19-7-5-13-26-2/h3-4,6,8H,5,7,9-13H2,1-2H3,(H,19,24). The van der Waals surface area contributed by atoms with Crippen molar-refractivity contribution in [2.24, 2.45) is 0 Å². The highest BCUT2D eigenvalue weighted by atomic mass is 16.5. The van der Waals surface area contributed by atoms with Gasteiger partial charge in [0.1, 0.15) is 0 Å². The zero-order valence-corrected chi connectivity index (χ0v) is 15.3. The van der Waals surface area contributed by atoms with Gasteiger partial charge in [-0.15, -0.1) is 0 Å². The van der Waals surface area contributed by atoms with Crippen molar-refractivity contribution in [3.63, 3.8) is 0 Å². The molecule has 8 nitrogen and oxygen atoms in total. The molecule has 2 aromatic rings. The molecule has 3 rings (SSSR count). The summed E-state index contributed by atoms with van der Waals surface area (Å²) in [5, 5.41) is 2.84. The summed E-state index contributed by atoms with van der Waals surface area (Å²) in [5.74, 6) is -0.132. The lowest BCUT2D eigenvalue weighted by molar-refractivity contribution is 0.0651. The molecule has 140 valence electrons. The number of ether oxygens (including phenoxy) is 1. The number of amides is 2. The number of pyridine rings is 1. The SMILES string of the molecule is COCCCNC(=O)c1nc(C(=O)N2CCN(C)CC2)n2ccccc12. The van der Waals surface area contributed by atoms with Crippen molar-refractivity contribution >= 4 is 17.3 Å². The van der Waals surface area contributed by atoms with Gasteiger partial charge in [0, 0.05) is 52.6 Å². The van der Waals surface area contributed by atoms with Gasteiger partial charge in [-0.3, -0.25) is 14.0 Å². The Bertz CT molecular complexity index is 780. The minimum Gasteiger partial charge on any atom is -0.385 e. The Morgan fingerprint density at radius 1 is 1.23 bits per heavy atom. The van der Waals surface area contributed by atoms with Crippen LogP contribution in [0.4, 0.5) is 0 Å². The molecule has 1 saturated heterocycles. The van der Waals surface area contributed by atoms with Crippen LogP contribution in [0.15, 0.2) is 24.4 Å². The Balaban J connectivity index is 1.83. The zero-order chi connectivity index (χ0) is 18.5. The maximum absolute atomic E-state index is 12.9. The first kappa shape index (κ1) is 18.3. The summed E-state index contributed by atoms with van der Waals surface area (Å²) < 4.78 is 6.68. The van der Waals surface area contributed by atoms with E-state index in [2.05, 4.69) is 15.2 Å². The van der Waals surface area contributed by atoms with Crippen LogP contribution in [-0.4, -0.2) is 84.5 Å². The molecule has 0 bridgehead atoms. The van der Waals surface area contributed by atoms with E-state index >= 15 is 0 Å². The normalized spacial score (nSPS) is 15.4. The van der Waals surface area contributed by atoms with Gasteiger partial charge >= 0.3 is 0 Å². The van der Waals surface area contributed by atoms with Crippen molar-refractivity contribution in [1.82, 2.24) is 24.5 Å². The summed E-state index contributed by atoms with van der Waals surface area (Å²) in [6.45, 7) is 4.08. The predicted octanol–water partition coefficient (Wildman–Crippen LogP) is 0.488. The maximum atomic E-state index is 12.9. The number of rotatable bonds is 6. The molecule has 1 N–H and O–H groups in total. The van der Waals surface area contributed by atoms with Crippen LogP contribution in [-0.2, 0) is 4.74 Å². The van der Waals surface area contributed by atoms with E-state index in [1.54, 1.807) is 28.7 Å². The number of carbonyl (C=O) groups is 2. The molecule has 0 radical (unpaired) electrons. The first-order valence-corrected chi connectivity index (χ1v) is 8.84. The maximum Gasteiger partial charge on any atom is 0.290 e. The quantitative estimate of drug-likeness (QED) is 0.760. The summed E-state index contributed by atoms with van der Waals surface area (Å²) in [7, 11) is 3.67. The Labute approximate surface area is 152 Å². The van der Waals surface area contributed by atoms with Crippen LogP contribution < -0.4 is 5.32 Å². The highest BCUT2D eigenvalue weighted by Gasteiger charge is 2.26. The van der Waals surface area contributed by atoms with Crippen molar-refractivity contribution in [3.8, 4) is 0 Å². The Morgan fingerprint density at radius 3 is 2.73 bits per heavy atom. The number of imidazole rings is 1. The van der Waals surface area contributed by atoms with Crippen molar-refractivity contribution in [2.45, 2.75) is 6.42 Å². The number of piperazine rings is 1. The van der Waals surface area contributed by atoms with Crippen LogP contribution in [0.2, 0.25) is 0 Å². The molecule has 26 heavy (non-hydrogen) atoms. The van der Waals surface area contributed by atoms with E-state index in [-0.39, 0.29) is 23.3 Å². The number of carbonyl (C=O) groups excluding carboxylic acids is 2. The molecule has 0 aliphatic carbocycles. The molecule has 0 saturated carbocycles. The van der Waals surface area contributed by atoms with Crippen LogP contribution >= 0.6 is 0 Å². The topological polar surface area (TPSA) is 79.2 Å². The predicted molar refractivity (Wildman–Crippen MR) is 97.4 cm³/mol. The third-order valence-corrected chi connectivity index (χ3v) is 4.56. The number of likely N-dealkylation sites (N-methyl/N-ethyl adjacent to an activating group) is 1. The van der Waals surface area contributed by atoms with E-state index in [1.807, 2.05) is 19.2 Å². The average Bonchev–Trinajstić information content (AvgIpc) is 3.05. The van der Waals surface area contributed by atoms with E-state index in [1.165, 1.54) is 0 Å². The number of methoxy groups -OCH3 is 1. The number of nitrogens with one attached hydrogen (secondary N) is 1. The second-order valence-corrected chi connectivity index (χ2v) is 6.44. The summed E-state index contributed by atoms with van der Waals surface area (Å²) in [6.07, 6.45) is 2.49. The van der Waals surface area contributed by atoms with Crippen LogP contribution in [0.25, 0.3) is 5.52 Å². The van der Waals surface area contributed by atoms with E-state index < -0.39 is 0 Å². The number of hydrogen-bond acceptors (Lipinski definition) is 5. The largest absolute Gasteiger partial charge is 0.385 e. The summed E-state index contributed by atoms with van der Waals surface area (Å²) in [5.41, 5.74) is 0.912. The van der Waals surface area contributed by atoms with E-state index in [0.29, 0.717) is 31.8 Å². The van der Waals surface area contributed by atoms with Gasteiger partial charge in [-0.2, -0.15) is 0 Å². The van der Waals surface area contributed by atoms with Gasteiger partial charge < -0.3 is 19.9 Å². The van der Waals surface area contributed by atoms with E-state index in [0.717, 1.165) is 19.5 Å². The summed E-state index contributed by atoms with van der Waals surface area (Å²) in [4.78, 5) is 33.8. The second kappa shape index (κ2) is 8.29. The fraction of sp³-hybridized carbons (Fsp3) is 0.500. The molecule has 2 amide bonds. The fourth-order valence-electron chi connectivity index (χ4n) is 3.01. The third-order valence-electron chi connectivity index (χ3n) is 4.56. The first-order chi connectivity index (χ1) is 12.6. The molecule has 3 heterocycles. The number of hydrogen-bond donors (Lipinski definition) is 1. The lowest BCUT2D eigenvalue weighted by atomic mass is 10.3. The molecule has 2 aromatic heterocycles. The molecule has 0 atom stereocenters. The van der Waals surface area contributed by atoms with Gasteiger partial charge in [-0.25, -0.2) is 4.98 Å². The zero-order valence-electron chi connectivity index (χ0n) is 15.3. The number of aromatic nitrogens is 2. The Hall–Kier alpha value is -2.45. The highest BCUT2D eigenvalue weighted by Crippen LogP contribution is 2.15. The average molecular weight is 359 g/mol. The van der Waals surface area contributed by atoms with Gasteiger partial charge in [0.25, 0.3) is 11.8 Å². The van der Waals surface area contributed by atoms with Gasteiger partial charge in [0.15, 0.2) is 5.69 Å². The molecule has 1 fully saturated rings. The Morgan fingerprint density at radius 2 is 2.00 bits per heavy atom. The van der Waals surface area contributed by atoms with E-state index in [9.17, 15) is 9.59 Å². The van der Waals surface area contributed by atoms with Gasteiger partial charge in [0.2, 0.25) is 5.82 Å². The van der Waals surface area contributed by atoms with Crippen LogP contribution in [0.3, 0.4) is 0 Å². The molecule has 0 spiro atoms. The monoisotopic (exact) mass is 359 g/mol. The lowest BCUT2D eigenvalue weighted by Gasteiger charge is -2.31. The smallest absolute Gasteiger partial charge is 0.290 e. The molecule has 0 unspecified atom stereocenters. The minimum atomic E-state index is -0.276.